The molecule has 130 valence electrons. The standard InChI is InChI=1S/C20H19N5O/c1-3-21-20(26)24-18-10-16-15(6-4-13(2)17(16)11-23-18)14-5-7-19-22-8-9-25(19)12-14/h4-12H,3H2,1-2H3,(H2,21,23,24,26). The molecular formula is C20H19N5O. The Morgan fingerprint density at radius 2 is 2.04 bits per heavy atom. The van der Waals surface area contributed by atoms with E-state index < -0.39 is 0 Å². The van der Waals surface area contributed by atoms with E-state index in [1.54, 1.807) is 6.20 Å². The van der Waals surface area contributed by atoms with Gasteiger partial charge in [-0.1, -0.05) is 12.1 Å². The monoisotopic (exact) mass is 345 g/mol. The van der Waals surface area contributed by atoms with Crippen LogP contribution in [0.1, 0.15) is 12.5 Å². The molecule has 0 aliphatic carbocycles. The molecule has 6 nitrogen and oxygen atoms in total. The first-order valence-corrected chi connectivity index (χ1v) is 8.53. The van der Waals surface area contributed by atoms with Crippen LogP contribution in [0.15, 0.2) is 55.1 Å². The van der Waals surface area contributed by atoms with Crippen LogP contribution in [0.4, 0.5) is 10.6 Å². The van der Waals surface area contributed by atoms with Gasteiger partial charge in [0.15, 0.2) is 0 Å². The zero-order valence-corrected chi connectivity index (χ0v) is 14.7. The minimum Gasteiger partial charge on any atom is -0.338 e. The van der Waals surface area contributed by atoms with Gasteiger partial charge in [-0.05, 0) is 54.1 Å². The maximum Gasteiger partial charge on any atom is 0.320 e. The Labute approximate surface area is 150 Å². The number of pyridine rings is 2. The van der Waals surface area contributed by atoms with Gasteiger partial charge in [0.2, 0.25) is 0 Å². The summed E-state index contributed by atoms with van der Waals surface area (Å²) in [5.74, 6) is 0.527. The predicted octanol–water partition coefficient (Wildman–Crippen LogP) is 4.00. The highest BCUT2D eigenvalue weighted by Gasteiger charge is 2.10. The quantitative estimate of drug-likeness (QED) is 0.589. The van der Waals surface area contributed by atoms with Crippen molar-refractivity contribution in [3.63, 3.8) is 0 Å². The van der Waals surface area contributed by atoms with Crippen molar-refractivity contribution >= 4 is 28.3 Å². The number of fused-ring (bicyclic) bond motifs is 2. The number of imidazole rings is 1. The van der Waals surface area contributed by atoms with Crippen LogP contribution in [0.3, 0.4) is 0 Å². The van der Waals surface area contributed by atoms with Crippen molar-refractivity contribution in [3.05, 3.63) is 60.7 Å². The van der Waals surface area contributed by atoms with E-state index in [2.05, 4.69) is 51.9 Å². The van der Waals surface area contributed by atoms with Gasteiger partial charge in [0, 0.05) is 36.7 Å². The molecule has 0 unspecified atom stereocenters. The average Bonchev–Trinajstić information content (AvgIpc) is 3.10. The number of carbonyl (C=O) groups is 1. The molecule has 1 aromatic carbocycles. The number of rotatable bonds is 3. The molecule has 0 aliphatic rings. The van der Waals surface area contributed by atoms with Gasteiger partial charge in [-0.3, -0.25) is 5.32 Å². The lowest BCUT2D eigenvalue weighted by molar-refractivity contribution is 0.252. The molecule has 2 N–H and O–H groups in total. The molecule has 0 fully saturated rings. The molecule has 0 bridgehead atoms. The molecule has 3 heterocycles. The van der Waals surface area contributed by atoms with E-state index in [0.29, 0.717) is 12.4 Å². The summed E-state index contributed by atoms with van der Waals surface area (Å²) in [5.41, 5.74) is 4.22. The third-order valence-corrected chi connectivity index (χ3v) is 4.40. The molecule has 6 heteroatoms. The van der Waals surface area contributed by atoms with Crippen LogP contribution in [0.25, 0.3) is 27.5 Å². The van der Waals surface area contributed by atoms with Gasteiger partial charge in [-0.25, -0.2) is 14.8 Å². The summed E-state index contributed by atoms with van der Waals surface area (Å²) in [5, 5.41) is 7.61. The fourth-order valence-corrected chi connectivity index (χ4v) is 3.10. The summed E-state index contributed by atoms with van der Waals surface area (Å²) < 4.78 is 2.00. The zero-order chi connectivity index (χ0) is 18.1. The topological polar surface area (TPSA) is 71.3 Å². The van der Waals surface area contributed by atoms with Crippen LogP contribution in [0.2, 0.25) is 0 Å². The number of urea groups is 1. The Kier molecular flexibility index (Phi) is 4.01. The summed E-state index contributed by atoms with van der Waals surface area (Å²) in [7, 11) is 0. The van der Waals surface area contributed by atoms with Crippen molar-refractivity contribution < 1.29 is 4.79 Å². The third kappa shape index (κ3) is 2.86. The van der Waals surface area contributed by atoms with Gasteiger partial charge >= 0.3 is 6.03 Å². The van der Waals surface area contributed by atoms with Gasteiger partial charge in [0.25, 0.3) is 0 Å². The van der Waals surface area contributed by atoms with Crippen molar-refractivity contribution in [1.82, 2.24) is 19.7 Å². The van der Waals surface area contributed by atoms with Gasteiger partial charge in [-0.15, -0.1) is 0 Å². The second kappa shape index (κ2) is 6.48. The number of carbonyl (C=O) groups excluding carboxylic acids is 1. The van der Waals surface area contributed by atoms with Crippen LogP contribution < -0.4 is 10.6 Å². The molecular weight excluding hydrogens is 326 g/mol. The highest BCUT2D eigenvalue weighted by molar-refractivity contribution is 6.00. The maximum atomic E-state index is 11.8. The number of nitrogens with one attached hydrogen (secondary N) is 2. The molecule has 0 radical (unpaired) electrons. The summed E-state index contributed by atoms with van der Waals surface area (Å²) in [4.78, 5) is 20.5. The number of aromatic nitrogens is 3. The van der Waals surface area contributed by atoms with Gasteiger partial charge in [-0.2, -0.15) is 0 Å². The SMILES string of the molecule is CCNC(=O)Nc1cc2c(-c3ccc4nccn4c3)ccc(C)c2cn1. The van der Waals surface area contributed by atoms with E-state index in [0.717, 1.165) is 33.1 Å². The Morgan fingerprint density at radius 1 is 1.15 bits per heavy atom. The van der Waals surface area contributed by atoms with Crippen molar-refractivity contribution in [2.45, 2.75) is 13.8 Å². The number of amides is 2. The maximum absolute atomic E-state index is 11.8. The smallest absolute Gasteiger partial charge is 0.320 e. The van der Waals surface area contributed by atoms with Crippen LogP contribution in [0.5, 0.6) is 0 Å². The first-order chi connectivity index (χ1) is 12.7. The predicted molar refractivity (Wildman–Crippen MR) is 103 cm³/mol. The first-order valence-electron chi connectivity index (χ1n) is 8.53. The normalized spacial score (nSPS) is 11.0. The lowest BCUT2D eigenvalue weighted by Crippen LogP contribution is -2.28. The number of hydrogen-bond donors (Lipinski definition) is 2. The third-order valence-electron chi connectivity index (χ3n) is 4.40. The van der Waals surface area contributed by atoms with Crippen LogP contribution in [-0.2, 0) is 0 Å². The van der Waals surface area contributed by atoms with E-state index >= 15 is 0 Å². The number of aryl methyl sites for hydroxylation is 1. The Balaban J connectivity index is 1.85. The minimum absolute atomic E-state index is 0.256. The Morgan fingerprint density at radius 3 is 2.88 bits per heavy atom. The van der Waals surface area contributed by atoms with Crippen LogP contribution >= 0.6 is 0 Å². The van der Waals surface area contributed by atoms with E-state index in [9.17, 15) is 4.79 Å². The molecule has 0 aliphatic heterocycles. The van der Waals surface area contributed by atoms with E-state index in [4.69, 9.17) is 0 Å². The molecule has 0 atom stereocenters. The van der Waals surface area contributed by atoms with Crippen molar-refractivity contribution in [2.24, 2.45) is 0 Å². The fraction of sp³-hybridized carbons (Fsp3) is 0.150. The summed E-state index contributed by atoms with van der Waals surface area (Å²) in [6, 6.07) is 9.92. The fourth-order valence-electron chi connectivity index (χ4n) is 3.10. The second-order valence-corrected chi connectivity index (χ2v) is 6.14. The Hall–Kier alpha value is -3.41. The van der Waals surface area contributed by atoms with Crippen molar-refractivity contribution in [2.75, 3.05) is 11.9 Å². The Bertz CT molecular complexity index is 1120. The molecule has 4 rings (SSSR count). The molecule has 0 saturated carbocycles. The van der Waals surface area contributed by atoms with Crippen LogP contribution in [0, 0.1) is 6.92 Å². The highest BCUT2D eigenvalue weighted by Crippen LogP contribution is 2.31. The number of anilines is 1. The molecule has 0 spiro atoms. The molecule has 0 saturated heterocycles. The molecule has 26 heavy (non-hydrogen) atoms. The van der Waals surface area contributed by atoms with E-state index in [-0.39, 0.29) is 6.03 Å². The minimum atomic E-state index is -0.256. The molecule has 4 aromatic rings. The van der Waals surface area contributed by atoms with Gasteiger partial charge < -0.3 is 9.72 Å². The summed E-state index contributed by atoms with van der Waals surface area (Å²) >= 11 is 0. The largest absolute Gasteiger partial charge is 0.338 e. The average molecular weight is 345 g/mol. The van der Waals surface area contributed by atoms with E-state index in [1.165, 1.54) is 0 Å². The van der Waals surface area contributed by atoms with Gasteiger partial charge in [0.1, 0.15) is 11.5 Å². The van der Waals surface area contributed by atoms with Crippen molar-refractivity contribution in [3.8, 4) is 11.1 Å². The molecule has 3 aromatic heterocycles. The summed E-state index contributed by atoms with van der Waals surface area (Å²) in [6.07, 6.45) is 7.58. The molecule has 2 amide bonds. The van der Waals surface area contributed by atoms with Gasteiger partial charge in [0.05, 0.1) is 0 Å². The zero-order valence-electron chi connectivity index (χ0n) is 14.7. The van der Waals surface area contributed by atoms with Crippen molar-refractivity contribution in [1.29, 1.82) is 0 Å². The second-order valence-electron chi connectivity index (χ2n) is 6.14. The number of benzene rings is 1. The lowest BCUT2D eigenvalue weighted by Gasteiger charge is -2.12. The lowest BCUT2D eigenvalue weighted by atomic mass is 9.97. The highest BCUT2D eigenvalue weighted by atomic mass is 16.2. The van der Waals surface area contributed by atoms with Crippen LogP contribution in [-0.4, -0.2) is 26.9 Å². The number of hydrogen-bond acceptors (Lipinski definition) is 3. The van der Waals surface area contributed by atoms with E-state index in [1.807, 2.05) is 35.9 Å². The number of nitrogens with zero attached hydrogens (tertiary/aromatic N) is 3. The first kappa shape index (κ1) is 16.1. The summed E-state index contributed by atoms with van der Waals surface area (Å²) in [6.45, 7) is 4.50.